The predicted octanol–water partition coefficient (Wildman–Crippen LogP) is 5.18. The Morgan fingerprint density at radius 1 is 1.19 bits per heavy atom. The van der Waals surface area contributed by atoms with E-state index in [9.17, 15) is 4.39 Å². The van der Waals surface area contributed by atoms with Gasteiger partial charge in [0.05, 0.1) is 0 Å². The standard InChI is InChI=1S/C17H18BrClFN/c1-2-21-11-14(12-3-6-16(19)7-4-12)9-13-10-15(18)5-8-17(13)20/h3-8,10,14,21H,2,9,11H2,1H3. The van der Waals surface area contributed by atoms with Gasteiger partial charge < -0.3 is 5.32 Å². The van der Waals surface area contributed by atoms with Crippen molar-refractivity contribution in [3.05, 3.63) is 68.9 Å². The minimum absolute atomic E-state index is 0.159. The van der Waals surface area contributed by atoms with E-state index >= 15 is 0 Å². The topological polar surface area (TPSA) is 12.0 Å². The Kier molecular flexibility index (Phi) is 6.22. The summed E-state index contributed by atoms with van der Waals surface area (Å²) in [5.41, 5.74) is 1.89. The molecule has 2 aromatic carbocycles. The lowest BCUT2D eigenvalue weighted by Gasteiger charge is -2.18. The third-order valence-electron chi connectivity index (χ3n) is 3.46. The van der Waals surface area contributed by atoms with Crippen molar-refractivity contribution in [3.8, 4) is 0 Å². The van der Waals surface area contributed by atoms with Crippen LogP contribution in [0.25, 0.3) is 0 Å². The number of hydrogen-bond donors (Lipinski definition) is 1. The highest BCUT2D eigenvalue weighted by Gasteiger charge is 2.15. The van der Waals surface area contributed by atoms with Crippen LogP contribution in [0.15, 0.2) is 46.9 Å². The first-order valence-corrected chi connectivity index (χ1v) is 8.17. The zero-order valence-corrected chi connectivity index (χ0v) is 14.2. The molecule has 1 nitrogen and oxygen atoms in total. The van der Waals surface area contributed by atoms with Crippen molar-refractivity contribution in [1.82, 2.24) is 5.32 Å². The van der Waals surface area contributed by atoms with Crippen LogP contribution >= 0.6 is 27.5 Å². The van der Waals surface area contributed by atoms with Gasteiger partial charge in [0.25, 0.3) is 0 Å². The number of nitrogens with one attached hydrogen (secondary N) is 1. The van der Waals surface area contributed by atoms with Gasteiger partial charge in [0, 0.05) is 22.0 Å². The highest BCUT2D eigenvalue weighted by Crippen LogP contribution is 2.25. The normalized spacial score (nSPS) is 12.4. The first kappa shape index (κ1) is 16.5. The highest BCUT2D eigenvalue weighted by atomic mass is 79.9. The second-order valence-electron chi connectivity index (χ2n) is 5.00. The molecule has 0 aliphatic carbocycles. The average Bonchev–Trinajstić information content (AvgIpc) is 2.48. The van der Waals surface area contributed by atoms with Gasteiger partial charge in [-0.1, -0.05) is 46.6 Å². The van der Waals surface area contributed by atoms with Crippen LogP contribution in [0.1, 0.15) is 24.0 Å². The third-order valence-corrected chi connectivity index (χ3v) is 4.20. The van der Waals surface area contributed by atoms with Crippen LogP contribution in [0.3, 0.4) is 0 Å². The summed E-state index contributed by atoms with van der Waals surface area (Å²) in [6.07, 6.45) is 0.653. The van der Waals surface area contributed by atoms with Gasteiger partial charge in [0.15, 0.2) is 0 Å². The molecule has 0 saturated carbocycles. The van der Waals surface area contributed by atoms with E-state index in [1.807, 2.05) is 30.3 Å². The number of hydrogen-bond acceptors (Lipinski definition) is 1. The zero-order valence-electron chi connectivity index (χ0n) is 11.9. The summed E-state index contributed by atoms with van der Waals surface area (Å²) in [7, 11) is 0. The Hall–Kier alpha value is -0.900. The molecule has 112 valence electrons. The molecule has 0 bridgehead atoms. The Morgan fingerprint density at radius 3 is 2.57 bits per heavy atom. The van der Waals surface area contributed by atoms with Crippen LogP contribution in [0.2, 0.25) is 5.02 Å². The van der Waals surface area contributed by atoms with E-state index in [4.69, 9.17) is 11.6 Å². The lowest BCUT2D eigenvalue weighted by molar-refractivity contribution is 0.562. The number of halogens is 3. The van der Waals surface area contributed by atoms with Crippen LogP contribution in [0.4, 0.5) is 4.39 Å². The Morgan fingerprint density at radius 2 is 1.90 bits per heavy atom. The van der Waals surface area contributed by atoms with E-state index < -0.39 is 0 Å². The van der Waals surface area contributed by atoms with Crippen molar-refractivity contribution in [1.29, 1.82) is 0 Å². The van der Waals surface area contributed by atoms with Gasteiger partial charge in [0.1, 0.15) is 5.82 Å². The molecule has 0 aromatic heterocycles. The fourth-order valence-electron chi connectivity index (χ4n) is 2.33. The summed E-state index contributed by atoms with van der Waals surface area (Å²) in [5, 5.41) is 4.07. The molecule has 4 heteroatoms. The largest absolute Gasteiger partial charge is 0.316 e. The second-order valence-corrected chi connectivity index (χ2v) is 6.35. The fraction of sp³-hybridized carbons (Fsp3) is 0.294. The minimum Gasteiger partial charge on any atom is -0.316 e. The maximum Gasteiger partial charge on any atom is 0.126 e. The van der Waals surface area contributed by atoms with Crippen molar-refractivity contribution in [2.24, 2.45) is 0 Å². The molecular formula is C17H18BrClFN. The maximum atomic E-state index is 14.0. The van der Waals surface area contributed by atoms with Crippen molar-refractivity contribution in [3.63, 3.8) is 0 Å². The molecule has 21 heavy (non-hydrogen) atoms. The molecule has 0 aliphatic heterocycles. The summed E-state index contributed by atoms with van der Waals surface area (Å²) in [6, 6.07) is 12.9. The van der Waals surface area contributed by atoms with Crippen LogP contribution in [-0.4, -0.2) is 13.1 Å². The fourth-order valence-corrected chi connectivity index (χ4v) is 2.86. The Labute approximate surface area is 138 Å². The van der Waals surface area contributed by atoms with E-state index in [0.29, 0.717) is 6.42 Å². The van der Waals surface area contributed by atoms with Gasteiger partial charge in [-0.25, -0.2) is 4.39 Å². The Bertz CT molecular complexity index is 586. The molecule has 2 rings (SSSR count). The minimum atomic E-state index is -0.159. The number of benzene rings is 2. The molecule has 0 heterocycles. The van der Waals surface area contributed by atoms with Gasteiger partial charge >= 0.3 is 0 Å². The van der Waals surface area contributed by atoms with Gasteiger partial charge in [-0.2, -0.15) is 0 Å². The molecule has 0 spiro atoms. The van der Waals surface area contributed by atoms with Crippen LogP contribution in [0, 0.1) is 5.82 Å². The smallest absolute Gasteiger partial charge is 0.126 e. The van der Waals surface area contributed by atoms with Crippen LogP contribution in [0.5, 0.6) is 0 Å². The molecule has 0 saturated heterocycles. The van der Waals surface area contributed by atoms with Gasteiger partial charge in [-0.05, 0) is 54.4 Å². The molecule has 0 aliphatic rings. The molecule has 0 amide bonds. The van der Waals surface area contributed by atoms with Crippen molar-refractivity contribution >= 4 is 27.5 Å². The second kappa shape index (κ2) is 7.92. The summed E-state index contributed by atoms with van der Waals surface area (Å²) in [6.45, 7) is 3.77. The molecule has 0 fully saturated rings. The monoisotopic (exact) mass is 369 g/mol. The van der Waals surface area contributed by atoms with Crippen molar-refractivity contribution in [2.75, 3.05) is 13.1 Å². The third kappa shape index (κ3) is 4.80. The maximum absolute atomic E-state index is 14.0. The number of likely N-dealkylation sites (N-methyl/N-ethyl adjacent to an activating group) is 1. The van der Waals surface area contributed by atoms with E-state index in [1.165, 1.54) is 11.6 Å². The summed E-state index contributed by atoms with van der Waals surface area (Å²) in [5.74, 6) is 0.0553. The summed E-state index contributed by atoms with van der Waals surface area (Å²) in [4.78, 5) is 0. The predicted molar refractivity (Wildman–Crippen MR) is 90.5 cm³/mol. The lowest BCUT2D eigenvalue weighted by atomic mass is 9.91. The molecule has 0 radical (unpaired) electrons. The van der Waals surface area contributed by atoms with E-state index in [1.54, 1.807) is 6.07 Å². The first-order valence-electron chi connectivity index (χ1n) is 7.00. The van der Waals surface area contributed by atoms with E-state index in [-0.39, 0.29) is 11.7 Å². The zero-order chi connectivity index (χ0) is 15.2. The van der Waals surface area contributed by atoms with Crippen LogP contribution < -0.4 is 5.32 Å². The first-order chi connectivity index (χ1) is 10.1. The van der Waals surface area contributed by atoms with Crippen LogP contribution in [-0.2, 0) is 6.42 Å². The molecule has 1 atom stereocenters. The van der Waals surface area contributed by atoms with Gasteiger partial charge in [-0.3, -0.25) is 0 Å². The van der Waals surface area contributed by atoms with E-state index in [2.05, 4.69) is 28.2 Å². The lowest BCUT2D eigenvalue weighted by Crippen LogP contribution is -2.23. The molecule has 1 N–H and O–H groups in total. The summed E-state index contributed by atoms with van der Waals surface area (Å²) < 4.78 is 14.9. The summed E-state index contributed by atoms with van der Waals surface area (Å²) >= 11 is 9.35. The van der Waals surface area contributed by atoms with E-state index in [0.717, 1.165) is 28.1 Å². The molecule has 2 aromatic rings. The van der Waals surface area contributed by atoms with Crippen molar-refractivity contribution < 1.29 is 4.39 Å². The average molecular weight is 371 g/mol. The number of rotatable bonds is 6. The highest BCUT2D eigenvalue weighted by molar-refractivity contribution is 9.10. The Balaban J connectivity index is 2.23. The molecule has 1 unspecified atom stereocenters. The van der Waals surface area contributed by atoms with Crippen molar-refractivity contribution in [2.45, 2.75) is 19.3 Å². The SMILES string of the molecule is CCNCC(Cc1cc(Br)ccc1F)c1ccc(Cl)cc1. The molecular weight excluding hydrogens is 353 g/mol. The van der Waals surface area contributed by atoms with Gasteiger partial charge in [0.2, 0.25) is 0 Å². The van der Waals surface area contributed by atoms with Gasteiger partial charge in [-0.15, -0.1) is 0 Å². The quantitative estimate of drug-likeness (QED) is 0.739.